The van der Waals surface area contributed by atoms with Crippen molar-refractivity contribution in [3.8, 4) is 0 Å². The van der Waals surface area contributed by atoms with E-state index in [2.05, 4.69) is 0 Å². The summed E-state index contributed by atoms with van der Waals surface area (Å²) in [5, 5.41) is 8.98. The number of primary amides is 2. The Kier molecular flexibility index (Phi) is 2.83. The monoisotopic (exact) mass is 194 g/mol. The lowest BCUT2D eigenvalue weighted by Gasteiger charge is -2.07. The Hall–Kier alpha value is -1.88. The van der Waals surface area contributed by atoms with Crippen LogP contribution in [0, 0.1) is 0 Å². The first kappa shape index (κ1) is 10.2. The number of aliphatic hydroxyl groups is 1. The van der Waals surface area contributed by atoms with E-state index in [-0.39, 0.29) is 16.7 Å². The van der Waals surface area contributed by atoms with Gasteiger partial charge < -0.3 is 16.6 Å². The summed E-state index contributed by atoms with van der Waals surface area (Å²) in [4.78, 5) is 21.8. The molecule has 5 N–H and O–H groups in total. The molecule has 5 nitrogen and oxygen atoms in total. The zero-order valence-electron chi connectivity index (χ0n) is 7.36. The zero-order valence-corrected chi connectivity index (χ0v) is 7.36. The molecule has 0 aliphatic carbocycles. The number of rotatable bonds is 3. The van der Waals surface area contributed by atoms with E-state index in [1.165, 1.54) is 18.2 Å². The molecule has 0 heterocycles. The number of carbonyl (C=O) groups excluding carboxylic acids is 2. The van der Waals surface area contributed by atoms with Gasteiger partial charge in [0.1, 0.15) is 0 Å². The van der Waals surface area contributed by atoms with Crippen LogP contribution in [0.4, 0.5) is 0 Å². The van der Waals surface area contributed by atoms with Crippen LogP contribution in [0.15, 0.2) is 18.2 Å². The average molecular weight is 194 g/mol. The minimum Gasteiger partial charge on any atom is -0.392 e. The van der Waals surface area contributed by atoms with Crippen molar-refractivity contribution in [2.45, 2.75) is 6.61 Å². The molecule has 0 bridgehead atoms. The summed E-state index contributed by atoms with van der Waals surface area (Å²) in [5.41, 5.74) is 10.5. The van der Waals surface area contributed by atoms with E-state index in [9.17, 15) is 9.59 Å². The Bertz CT molecular complexity index is 355. The van der Waals surface area contributed by atoms with Gasteiger partial charge in [-0.05, 0) is 12.1 Å². The molecule has 2 amide bonds. The Morgan fingerprint density at radius 1 is 1.14 bits per heavy atom. The first-order chi connectivity index (χ1) is 6.57. The molecule has 1 aromatic carbocycles. The minimum absolute atomic E-state index is 0.115. The molecule has 0 spiro atoms. The summed E-state index contributed by atoms with van der Waals surface area (Å²) in [7, 11) is 0. The normalized spacial score (nSPS) is 9.79. The number of aliphatic hydroxyl groups excluding tert-OH is 1. The summed E-state index contributed by atoms with van der Waals surface area (Å²) in [5.74, 6) is -1.39. The van der Waals surface area contributed by atoms with Gasteiger partial charge in [0.15, 0.2) is 0 Å². The van der Waals surface area contributed by atoms with Gasteiger partial charge in [0, 0.05) is 16.7 Å². The Morgan fingerprint density at radius 2 is 1.57 bits per heavy atom. The summed E-state index contributed by atoms with van der Waals surface area (Å²) < 4.78 is 0. The Labute approximate surface area is 80.3 Å². The molecule has 0 atom stereocenters. The van der Waals surface area contributed by atoms with Crippen molar-refractivity contribution in [1.29, 1.82) is 0 Å². The van der Waals surface area contributed by atoms with Crippen molar-refractivity contribution >= 4 is 11.8 Å². The van der Waals surface area contributed by atoms with Crippen molar-refractivity contribution in [3.05, 3.63) is 34.9 Å². The Morgan fingerprint density at radius 3 is 1.86 bits per heavy atom. The average Bonchev–Trinajstić information content (AvgIpc) is 2.16. The van der Waals surface area contributed by atoms with Gasteiger partial charge in [-0.1, -0.05) is 6.07 Å². The van der Waals surface area contributed by atoms with Gasteiger partial charge >= 0.3 is 0 Å². The van der Waals surface area contributed by atoms with Crippen molar-refractivity contribution in [3.63, 3.8) is 0 Å². The van der Waals surface area contributed by atoms with Crippen molar-refractivity contribution < 1.29 is 14.7 Å². The van der Waals surface area contributed by atoms with Crippen molar-refractivity contribution in [2.75, 3.05) is 0 Å². The summed E-state index contributed by atoms with van der Waals surface area (Å²) in [6, 6.07) is 4.35. The maximum Gasteiger partial charge on any atom is 0.249 e. The van der Waals surface area contributed by atoms with Gasteiger partial charge in [-0.2, -0.15) is 0 Å². The lowest BCUT2D eigenvalue weighted by molar-refractivity contribution is 0.0995. The van der Waals surface area contributed by atoms with Gasteiger partial charge in [0.05, 0.1) is 6.61 Å². The maximum absolute atomic E-state index is 10.9. The van der Waals surface area contributed by atoms with Crippen LogP contribution in [0.3, 0.4) is 0 Å². The van der Waals surface area contributed by atoms with E-state index in [0.29, 0.717) is 0 Å². The standard InChI is InChI=1S/C9H10N2O3/c10-8(13)5-2-1-3-6(9(11)14)7(5)4-12/h1-3,12H,4H2,(H2,10,13)(H2,11,14). The number of benzene rings is 1. The van der Waals surface area contributed by atoms with Crippen LogP contribution < -0.4 is 11.5 Å². The molecule has 0 aliphatic heterocycles. The molecular weight excluding hydrogens is 184 g/mol. The first-order valence-corrected chi connectivity index (χ1v) is 3.90. The predicted octanol–water partition coefficient (Wildman–Crippen LogP) is -0.623. The molecule has 0 radical (unpaired) electrons. The van der Waals surface area contributed by atoms with Gasteiger partial charge in [0.2, 0.25) is 11.8 Å². The van der Waals surface area contributed by atoms with Gasteiger partial charge in [0.25, 0.3) is 0 Å². The highest BCUT2D eigenvalue weighted by Crippen LogP contribution is 2.14. The van der Waals surface area contributed by atoms with E-state index in [0.717, 1.165) is 0 Å². The smallest absolute Gasteiger partial charge is 0.249 e. The second-order valence-corrected chi connectivity index (χ2v) is 2.72. The number of hydrogen-bond donors (Lipinski definition) is 3. The number of amides is 2. The number of carbonyl (C=O) groups is 2. The fourth-order valence-electron chi connectivity index (χ4n) is 1.22. The minimum atomic E-state index is -0.697. The number of nitrogens with two attached hydrogens (primary N) is 2. The quantitative estimate of drug-likeness (QED) is 0.596. The molecule has 1 rings (SSSR count). The molecule has 14 heavy (non-hydrogen) atoms. The second-order valence-electron chi connectivity index (χ2n) is 2.72. The third-order valence-corrected chi connectivity index (χ3v) is 1.87. The molecule has 5 heteroatoms. The van der Waals surface area contributed by atoms with E-state index in [1.54, 1.807) is 0 Å². The fourth-order valence-corrected chi connectivity index (χ4v) is 1.22. The lowest BCUT2D eigenvalue weighted by atomic mass is 10.0. The first-order valence-electron chi connectivity index (χ1n) is 3.90. The maximum atomic E-state index is 10.9. The molecule has 0 aliphatic rings. The molecular formula is C9H10N2O3. The third kappa shape index (κ3) is 1.72. The van der Waals surface area contributed by atoms with Gasteiger partial charge in [-0.3, -0.25) is 9.59 Å². The zero-order chi connectivity index (χ0) is 10.7. The molecule has 0 unspecified atom stereocenters. The van der Waals surface area contributed by atoms with E-state index < -0.39 is 18.4 Å². The molecule has 1 aromatic rings. The molecule has 0 saturated carbocycles. The number of hydrogen-bond acceptors (Lipinski definition) is 3. The molecule has 74 valence electrons. The Balaban J connectivity index is 3.39. The molecule has 0 saturated heterocycles. The fraction of sp³-hybridized carbons (Fsp3) is 0.111. The van der Waals surface area contributed by atoms with Crippen LogP contribution in [0.1, 0.15) is 26.3 Å². The highest BCUT2D eigenvalue weighted by atomic mass is 16.3. The van der Waals surface area contributed by atoms with E-state index in [1.807, 2.05) is 0 Å². The summed E-state index contributed by atoms with van der Waals surface area (Å²) in [6.45, 7) is -0.447. The topological polar surface area (TPSA) is 106 Å². The lowest BCUT2D eigenvalue weighted by Crippen LogP contribution is -2.19. The molecule has 0 fully saturated rings. The largest absolute Gasteiger partial charge is 0.392 e. The molecule has 0 aromatic heterocycles. The van der Waals surface area contributed by atoms with Crippen LogP contribution in [-0.4, -0.2) is 16.9 Å². The van der Waals surface area contributed by atoms with Crippen molar-refractivity contribution in [2.24, 2.45) is 11.5 Å². The highest BCUT2D eigenvalue weighted by molar-refractivity contribution is 6.00. The van der Waals surface area contributed by atoms with Gasteiger partial charge in [-0.15, -0.1) is 0 Å². The summed E-state index contributed by atoms with van der Waals surface area (Å²) >= 11 is 0. The van der Waals surface area contributed by atoms with Crippen LogP contribution in [0.5, 0.6) is 0 Å². The van der Waals surface area contributed by atoms with E-state index >= 15 is 0 Å². The van der Waals surface area contributed by atoms with Crippen LogP contribution in [-0.2, 0) is 6.61 Å². The van der Waals surface area contributed by atoms with Crippen LogP contribution >= 0.6 is 0 Å². The highest BCUT2D eigenvalue weighted by Gasteiger charge is 2.14. The van der Waals surface area contributed by atoms with Crippen molar-refractivity contribution in [1.82, 2.24) is 0 Å². The van der Waals surface area contributed by atoms with Crippen LogP contribution in [0.2, 0.25) is 0 Å². The third-order valence-electron chi connectivity index (χ3n) is 1.87. The SMILES string of the molecule is NC(=O)c1cccc(C(N)=O)c1CO. The predicted molar refractivity (Wildman–Crippen MR) is 49.4 cm³/mol. The van der Waals surface area contributed by atoms with Gasteiger partial charge in [-0.25, -0.2) is 0 Å². The van der Waals surface area contributed by atoms with E-state index in [4.69, 9.17) is 16.6 Å². The summed E-state index contributed by atoms with van der Waals surface area (Å²) in [6.07, 6.45) is 0. The van der Waals surface area contributed by atoms with Crippen LogP contribution in [0.25, 0.3) is 0 Å². The second kappa shape index (κ2) is 3.89.